The van der Waals surface area contributed by atoms with Crippen molar-refractivity contribution in [3.8, 4) is 11.1 Å². The number of aliphatic carboxylic acids is 1. The van der Waals surface area contributed by atoms with Crippen molar-refractivity contribution in [3.63, 3.8) is 0 Å². The first-order valence-corrected chi connectivity index (χ1v) is 5.90. The Morgan fingerprint density at radius 2 is 1.76 bits per heavy atom. The molecule has 0 saturated heterocycles. The first-order valence-electron chi connectivity index (χ1n) is 5.90. The number of alkyl halides is 3. The van der Waals surface area contributed by atoms with Crippen LogP contribution in [0.5, 0.6) is 0 Å². The van der Waals surface area contributed by atoms with E-state index in [9.17, 15) is 18.0 Å². The minimum Gasteiger partial charge on any atom is -0.478 e. The average Bonchev–Trinajstić information content (AvgIpc) is 2.44. The second-order valence-corrected chi connectivity index (χ2v) is 4.21. The molecule has 2 aromatic rings. The number of hydrogen-bond donors (Lipinski definition) is 1. The molecule has 1 heterocycles. The highest BCUT2D eigenvalue weighted by Gasteiger charge is 2.32. The Kier molecular flexibility index (Phi) is 4.07. The van der Waals surface area contributed by atoms with Crippen LogP contribution in [0.25, 0.3) is 17.2 Å². The highest BCUT2D eigenvalue weighted by Crippen LogP contribution is 2.34. The summed E-state index contributed by atoms with van der Waals surface area (Å²) in [7, 11) is 0. The molecule has 0 fully saturated rings. The molecule has 0 unspecified atom stereocenters. The zero-order valence-corrected chi connectivity index (χ0v) is 10.6. The van der Waals surface area contributed by atoms with Gasteiger partial charge in [-0.2, -0.15) is 13.2 Å². The standard InChI is InChI=1S/C15H10F3NO2/c16-15(17,18)13-3-1-11(10-5-7-19-8-6-10)9-12(13)2-4-14(20)21/h1-9H,(H,20,21). The largest absolute Gasteiger partial charge is 0.478 e. The lowest BCUT2D eigenvalue weighted by molar-refractivity contribution is -0.138. The van der Waals surface area contributed by atoms with Crippen molar-refractivity contribution in [2.24, 2.45) is 0 Å². The van der Waals surface area contributed by atoms with Crippen molar-refractivity contribution in [3.05, 3.63) is 59.9 Å². The lowest BCUT2D eigenvalue weighted by Gasteiger charge is -2.12. The maximum Gasteiger partial charge on any atom is 0.416 e. The quantitative estimate of drug-likeness (QED) is 0.874. The number of benzene rings is 1. The summed E-state index contributed by atoms with van der Waals surface area (Å²) >= 11 is 0. The zero-order valence-electron chi connectivity index (χ0n) is 10.6. The number of hydrogen-bond acceptors (Lipinski definition) is 2. The van der Waals surface area contributed by atoms with Crippen LogP contribution in [0.4, 0.5) is 13.2 Å². The SMILES string of the molecule is O=C(O)C=Cc1cc(-c2ccncc2)ccc1C(F)(F)F. The highest BCUT2D eigenvalue weighted by molar-refractivity contribution is 5.86. The van der Waals surface area contributed by atoms with Gasteiger partial charge in [0.05, 0.1) is 5.56 Å². The summed E-state index contributed by atoms with van der Waals surface area (Å²) in [4.78, 5) is 14.4. The Hall–Kier alpha value is -2.63. The Morgan fingerprint density at radius 1 is 1.10 bits per heavy atom. The number of pyridine rings is 1. The van der Waals surface area contributed by atoms with Crippen molar-refractivity contribution in [2.75, 3.05) is 0 Å². The number of carbonyl (C=O) groups is 1. The molecule has 3 nitrogen and oxygen atoms in total. The second-order valence-electron chi connectivity index (χ2n) is 4.21. The molecule has 0 aliphatic rings. The molecule has 6 heteroatoms. The number of aromatic nitrogens is 1. The third-order valence-corrected chi connectivity index (χ3v) is 2.78. The topological polar surface area (TPSA) is 50.2 Å². The molecule has 1 aromatic heterocycles. The lowest BCUT2D eigenvalue weighted by Crippen LogP contribution is -2.07. The van der Waals surface area contributed by atoms with Gasteiger partial charge in [0.2, 0.25) is 0 Å². The van der Waals surface area contributed by atoms with Gasteiger partial charge in [0.1, 0.15) is 0 Å². The van der Waals surface area contributed by atoms with Crippen LogP contribution in [0.3, 0.4) is 0 Å². The summed E-state index contributed by atoms with van der Waals surface area (Å²) in [6, 6.07) is 6.91. The molecule has 108 valence electrons. The highest BCUT2D eigenvalue weighted by atomic mass is 19.4. The number of nitrogens with zero attached hydrogens (tertiary/aromatic N) is 1. The fraction of sp³-hybridized carbons (Fsp3) is 0.0667. The van der Waals surface area contributed by atoms with Crippen molar-refractivity contribution < 1.29 is 23.1 Å². The fourth-order valence-corrected chi connectivity index (χ4v) is 1.84. The maximum atomic E-state index is 12.9. The van der Waals surface area contributed by atoms with Crippen molar-refractivity contribution in [1.82, 2.24) is 4.98 Å². The first-order chi connectivity index (χ1) is 9.88. The first kappa shape index (κ1) is 14.8. The normalized spacial score (nSPS) is 11.8. The number of carboxylic acid groups (broad SMARTS) is 1. The molecule has 0 bridgehead atoms. The van der Waals surface area contributed by atoms with Crippen LogP contribution in [-0.4, -0.2) is 16.1 Å². The van der Waals surface area contributed by atoms with Crippen LogP contribution in [0.15, 0.2) is 48.8 Å². The van der Waals surface area contributed by atoms with E-state index in [-0.39, 0.29) is 5.56 Å². The van der Waals surface area contributed by atoms with E-state index in [2.05, 4.69) is 4.98 Å². The van der Waals surface area contributed by atoms with E-state index >= 15 is 0 Å². The molecule has 0 spiro atoms. The van der Waals surface area contributed by atoms with Gasteiger partial charge in [0.15, 0.2) is 0 Å². The van der Waals surface area contributed by atoms with Gasteiger partial charge in [-0.15, -0.1) is 0 Å². The molecule has 0 radical (unpaired) electrons. The van der Waals surface area contributed by atoms with E-state index in [0.717, 1.165) is 12.1 Å². The smallest absolute Gasteiger partial charge is 0.416 e. The van der Waals surface area contributed by atoms with Gasteiger partial charge in [-0.05, 0) is 47.0 Å². The predicted octanol–water partition coefficient (Wildman–Crippen LogP) is 3.87. The van der Waals surface area contributed by atoms with Gasteiger partial charge in [-0.1, -0.05) is 6.07 Å². The van der Waals surface area contributed by atoms with Crippen LogP contribution in [0, 0.1) is 0 Å². The van der Waals surface area contributed by atoms with Crippen LogP contribution in [-0.2, 0) is 11.0 Å². The molecule has 2 rings (SSSR count). The summed E-state index contributed by atoms with van der Waals surface area (Å²) < 4.78 is 38.7. The number of carboxylic acids is 1. The Labute approximate surface area is 118 Å². The van der Waals surface area contributed by atoms with E-state index < -0.39 is 17.7 Å². The predicted molar refractivity (Wildman–Crippen MR) is 71.3 cm³/mol. The summed E-state index contributed by atoms with van der Waals surface area (Å²) in [5.41, 5.74) is 0.177. The van der Waals surface area contributed by atoms with E-state index in [1.807, 2.05) is 0 Å². The molecular formula is C15H10F3NO2. The Bertz CT molecular complexity index is 679. The third kappa shape index (κ3) is 3.68. The molecule has 0 aliphatic carbocycles. The van der Waals surface area contributed by atoms with Gasteiger partial charge in [-0.3, -0.25) is 4.98 Å². The Morgan fingerprint density at radius 3 is 2.33 bits per heavy atom. The summed E-state index contributed by atoms with van der Waals surface area (Å²) in [6.07, 6.45) is 0.130. The van der Waals surface area contributed by atoms with Gasteiger partial charge in [0, 0.05) is 18.5 Å². The van der Waals surface area contributed by atoms with Crippen LogP contribution >= 0.6 is 0 Å². The Balaban J connectivity index is 2.54. The molecule has 1 N–H and O–H groups in total. The van der Waals surface area contributed by atoms with Crippen LogP contribution < -0.4 is 0 Å². The van der Waals surface area contributed by atoms with Crippen LogP contribution in [0.2, 0.25) is 0 Å². The van der Waals surface area contributed by atoms with Crippen molar-refractivity contribution in [1.29, 1.82) is 0 Å². The molecule has 0 saturated carbocycles. The lowest BCUT2D eigenvalue weighted by atomic mass is 9.99. The minimum atomic E-state index is -4.55. The summed E-state index contributed by atoms with van der Waals surface area (Å²) in [6.45, 7) is 0. The number of rotatable bonds is 3. The summed E-state index contributed by atoms with van der Waals surface area (Å²) in [5.74, 6) is -1.31. The molecule has 0 amide bonds. The zero-order chi connectivity index (χ0) is 15.5. The number of halogens is 3. The van der Waals surface area contributed by atoms with Gasteiger partial charge >= 0.3 is 12.1 Å². The molecule has 21 heavy (non-hydrogen) atoms. The van der Waals surface area contributed by atoms with Crippen LogP contribution in [0.1, 0.15) is 11.1 Å². The van der Waals surface area contributed by atoms with Gasteiger partial charge in [-0.25, -0.2) is 4.79 Å². The minimum absolute atomic E-state index is 0.195. The van der Waals surface area contributed by atoms with Crippen molar-refractivity contribution in [2.45, 2.75) is 6.18 Å². The maximum absolute atomic E-state index is 12.9. The molecule has 1 aromatic carbocycles. The molecule has 0 atom stereocenters. The van der Waals surface area contributed by atoms with E-state index in [0.29, 0.717) is 17.2 Å². The van der Waals surface area contributed by atoms with Gasteiger partial charge in [0.25, 0.3) is 0 Å². The fourth-order valence-electron chi connectivity index (χ4n) is 1.84. The second kappa shape index (κ2) is 5.78. The van der Waals surface area contributed by atoms with Crippen molar-refractivity contribution >= 4 is 12.0 Å². The van der Waals surface area contributed by atoms with E-state index in [1.54, 1.807) is 12.1 Å². The molecular weight excluding hydrogens is 283 g/mol. The average molecular weight is 293 g/mol. The van der Waals surface area contributed by atoms with E-state index in [1.165, 1.54) is 24.5 Å². The van der Waals surface area contributed by atoms with Gasteiger partial charge < -0.3 is 5.11 Å². The van der Waals surface area contributed by atoms with E-state index in [4.69, 9.17) is 5.11 Å². The monoisotopic (exact) mass is 293 g/mol. The summed E-state index contributed by atoms with van der Waals surface area (Å²) in [5, 5.41) is 8.58. The third-order valence-electron chi connectivity index (χ3n) is 2.78. The molecule has 0 aliphatic heterocycles.